The molecule has 17 heavy (non-hydrogen) atoms. The minimum Gasteiger partial charge on any atom is -0.361 e. The molecule has 2 heterocycles. The Labute approximate surface area is 101 Å². The van der Waals surface area contributed by atoms with E-state index in [9.17, 15) is 4.79 Å². The normalized spacial score (nSPS) is 31.9. The Bertz CT molecular complexity index is 440. The van der Waals surface area contributed by atoms with Crippen LogP contribution in [0.1, 0.15) is 43.7 Å². The topological polar surface area (TPSA) is 46.3 Å². The molecule has 0 aromatic carbocycles. The van der Waals surface area contributed by atoms with E-state index in [-0.39, 0.29) is 12.0 Å². The minimum atomic E-state index is 0.146. The molecule has 0 spiro atoms. The summed E-state index contributed by atoms with van der Waals surface area (Å²) in [6.45, 7) is 4.91. The van der Waals surface area contributed by atoms with Gasteiger partial charge in [0, 0.05) is 18.5 Å². The lowest BCUT2D eigenvalue weighted by Crippen LogP contribution is -2.32. The highest BCUT2D eigenvalue weighted by Crippen LogP contribution is 2.42. The fourth-order valence-electron chi connectivity index (χ4n) is 2.76. The molecule has 0 radical (unpaired) electrons. The van der Waals surface area contributed by atoms with Gasteiger partial charge in [0.25, 0.3) is 0 Å². The number of carbonyl (C=O) groups excluding carboxylic acids is 1. The van der Waals surface area contributed by atoms with Crippen molar-refractivity contribution < 1.29 is 9.32 Å². The predicted molar refractivity (Wildman–Crippen MR) is 62.2 cm³/mol. The van der Waals surface area contributed by atoms with E-state index in [2.05, 4.69) is 12.1 Å². The van der Waals surface area contributed by atoms with Crippen LogP contribution in [0.3, 0.4) is 0 Å². The van der Waals surface area contributed by atoms with Gasteiger partial charge in [0.2, 0.25) is 5.91 Å². The summed E-state index contributed by atoms with van der Waals surface area (Å²) in [7, 11) is 0. The minimum absolute atomic E-state index is 0.146. The average Bonchev–Trinajstić information content (AvgIpc) is 2.74. The van der Waals surface area contributed by atoms with Crippen molar-refractivity contribution in [1.29, 1.82) is 0 Å². The van der Waals surface area contributed by atoms with Crippen molar-refractivity contribution in [3.63, 3.8) is 0 Å². The van der Waals surface area contributed by atoms with Crippen LogP contribution >= 0.6 is 0 Å². The van der Waals surface area contributed by atoms with Gasteiger partial charge in [0.05, 0.1) is 6.04 Å². The molecule has 1 aliphatic heterocycles. The Morgan fingerprint density at radius 2 is 2.35 bits per heavy atom. The molecule has 1 aromatic heterocycles. The van der Waals surface area contributed by atoms with Crippen molar-refractivity contribution in [2.75, 3.05) is 6.54 Å². The smallest absolute Gasteiger partial charge is 0.226 e. The van der Waals surface area contributed by atoms with Gasteiger partial charge in [-0.3, -0.25) is 4.79 Å². The third-order valence-corrected chi connectivity index (χ3v) is 3.95. The number of carbonyl (C=O) groups is 1. The molecule has 4 heteroatoms. The zero-order chi connectivity index (χ0) is 12.0. The maximum Gasteiger partial charge on any atom is 0.226 e. The Morgan fingerprint density at radius 1 is 1.59 bits per heavy atom. The van der Waals surface area contributed by atoms with Crippen LogP contribution in [0.15, 0.2) is 10.6 Å². The van der Waals surface area contributed by atoms with Gasteiger partial charge in [0.1, 0.15) is 11.5 Å². The molecule has 1 amide bonds. The van der Waals surface area contributed by atoms with Crippen LogP contribution in [0.2, 0.25) is 0 Å². The zero-order valence-corrected chi connectivity index (χ0v) is 10.3. The van der Waals surface area contributed by atoms with E-state index < -0.39 is 0 Å². The number of hydrogen-bond donors (Lipinski definition) is 0. The summed E-state index contributed by atoms with van der Waals surface area (Å²) in [5.74, 6) is 1.98. The molecule has 3 unspecified atom stereocenters. The number of amides is 1. The average molecular weight is 234 g/mol. The highest BCUT2D eigenvalue weighted by Gasteiger charge is 2.44. The quantitative estimate of drug-likeness (QED) is 0.788. The third kappa shape index (κ3) is 1.85. The highest BCUT2D eigenvalue weighted by atomic mass is 16.5. The molecule has 4 nitrogen and oxygen atoms in total. The van der Waals surface area contributed by atoms with Crippen LogP contribution in [0.25, 0.3) is 0 Å². The van der Waals surface area contributed by atoms with Gasteiger partial charge in [-0.15, -0.1) is 0 Å². The van der Waals surface area contributed by atoms with Crippen LogP contribution in [0, 0.1) is 18.8 Å². The standard InChI is InChI=1S/C13H18N2O2/c1-8-6-10(8)13(16)15-5-3-4-12(15)11-7-9(2)17-14-11/h7-8,10,12H,3-6H2,1-2H3. The Balaban J connectivity index is 1.78. The molecule has 1 aromatic rings. The van der Waals surface area contributed by atoms with E-state index in [4.69, 9.17) is 4.52 Å². The fraction of sp³-hybridized carbons (Fsp3) is 0.692. The molecule has 1 aliphatic carbocycles. The summed E-state index contributed by atoms with van der Waals surface area (Å²) in [5, 5.41) is 4.06. The molecule has 1 saturated heterocycles. The van der Waals surface area contributed by atoms with Crippen molar-refractivity contribution in [2.24, 2.45) is 11.8 Å². The fourth-order valence-corrected chi connectivity index (χ4v) is 2.76. The van der Waals surface area contributed by atoms with Gasteiger partial charge in [-0.05, 0) is 32.1 Å². The summed E-state index contributed by atoms with van der Waals surface area (Å²) in [6, 6.07) is 2.10. The molecule has 3 rings (SSSR count). The van der Waals surface area contributed by atoms with Gasteiger partial charge in [-0.2, -0.15) is 0 Å². The Hall–Kier alpha value is -1.32. The molecule has 3 atom stereocenters. The van der Waals surface area contributed by atoms with Crippen molar-refractivity contribution >= 4 is 5.91 Å². The number of likely N-dealkylation sites (tertiary alicyclic amines) is 1. The number of hydrogen-bond acceptors (Lipinski definition) is 3. The number of nitrogens with zero attached hydrogens (tertiary/aromatic N) is 2. The van der Waals surface area contributed by atoms with E-state index in [0.29, 0.717) is 11.8 Å². The van der Waals surface area contributed by atoms with Gasteiger partial charge in [-0.25, -0.2) is 0 Å². The first-order valence-electron chi connectivity index (χ1n) is 6.40. The van der Waals surface area contributed by atoms with Crippen molar-refractivity contribution in [3.05, 3.63) is 17.5 Å². The van der Waals surface area contributed by atoms with Crippen LogP contribution in [-0.4, -0.2) is 22.5 Å². The van der Waals surface area contributed by atoms with Crippen LogP contribution < -0.4 is 0 Å². The summed E-state index contributed by atoms with van der Waals surface area (Å²) in [5.41, 5.74) is 0.918. The SMILES string of the molecule is Cc1cc(C2CCCN2C(=O)C2CC2C)no1. The Kier molecular flexibility index (Phi) is 2.45. The van der Waals surface area contributed by atoms with E-state index >= 15 is 0 Å². The molecule has 92 valence electrons. The second-order valence-electron chi connectivity index (χ2n) is 5.37. The molecule has 1 saturated carbocycles. The van der Waals surface area contributed by atoms with Crippen molar-refractivity contribution in [2.45, 2.75) is 39.2 Å². The van der Waals surface area contributed by atoms with Gasteiger partial charge in [-0.1, -0.05) is 12.1 Å². The molecule has 0 bridgehead atoms. The lowest BCUT2D eigenvalue weighted by molar-refractivity contribution is -0.133. The predicted octanol–water partition coefficient (Wildman–Crippen LogP) is 2.30. The van der Waals surface area contributed by atoms with E-state index in [0.717, 1.165) is 37.3 Å². The van der Waals surface area contributed by atoms with Crippen LogP contribution in [0.4, 0.5) is 0 Å². The lowest BCUT2D eigenvalue weighted by atomic mass is 10.1. The number of aryl methyl sites for hydroxylation is 1. The van der Waals surface area contributed by atoms with Crippen LogP contribution in [-0.2, 0) is 4.79 Å². The second kappa shape index (κ2) is 3.86. The van der Waals surface area contributed by atoms with Gasteiger partial charge in [0.15, 0.2) is 0 Å². The molecule has 2 aliphatic rings. The van der Waals surface area contributed by atoms with E-state index in [1.165, 1.54) is 0 Å². The number of rotatable bonds is 2. The second-order valence-corrected chi connectivity index (χ2v) is 5.37. The first-order chi connectivity index (χ1) is 8.16. The van der Waals surface area contributed by atoms with E-state index in [1.54, 1.807) is 0 Å². The van der Waals surface area contributed by atoms with Gasteiger partial charge < -0.3 is 9.42 Å². The zero-order valence-electron chi connectivity index (χ0n) is 10.3. The lowest BCUT2D eigenvalue weighted by Gasteiger charge is -2.23. The summed E-state index contributed by atoms with van der Waals surface area (Å²) < 4.78 is 5.11. The molecule has 0 N–H and O–H groups in total. The molecular formula is C13H18N2O2. The van der Waals surface area contributed by atoms with Crippen molar-refractivity contribution in [3.8, 4) is 0 Å². The summed E-state index contributed by atoms with van der Waals surface area (Å²) in [4.78, 5) is 14.3. The highest BCUT2D eigenvalue weighted by molar-refractivity contribution is 5.82. The van der Waals surface area contributed by atoms with Crippen LogP contribution in [0.5, 0.6) is 0 Å². The largest absolute Gasteiger partial charge is 0.361 e. The molecule has 2 fully saturated rings. The maximum absolute atomic E-state index is 12.3. The summed E-state index contributed by atoms with van der Waals surface area (Å²) in [6.07, 6.45) is 3.14. The van der Waals surface area contributed by atoms with Gasteiger partial charge >= 0.3 is 0 Å². The summed E-state index contributed by atoms with van der Waals surface area (Å²) >= 11 is 0. The molecular weight excluding hydrogens is 216 g/mol. The van der Waals surface area contributed by atoms with E-state index in [1.807, 2.05) is 17.9 Å². The maximum atomic E-state index is 12.3. The monoisotopic (exact) mass is 234 g/mol. The Morgan fingerprint density at radius 3 is 2.94 bits per heavy atom. The van der Waals surface area contributed by atoms with Crippen molar-refractivity contribution in [1.82, 2.24) is 10.1 Å². The number of aromatic nitrogens is 1. The first kappa shape index (κ1) is 10.8. The first-order valence-corrected chi connectivity index (χ1v) is 6.40. The third-order valence-electron chi connectivity index (χ3n) is 3.95.